The minimum absolute atomic E-state index is 0.233. The van der Waals surface area contributed by atoms with Gasteiger partial charge in [0.2, 0.25) is 0 Å². The van der Waals surface area contributed by atoms with Crippen LogP contribution >= 0.6 is 11.6 Å². The van der Waals surface area contributed by atoms with Gasteiger partial charge in [0.25, 0.3) is 5.91 Å². The molecule has 1 amide bonds. The Morgan fingerprint density at radius 3 is 2.78 bits per heavy atom. The van der Waals surface area contributed by atoms with Crippen LogP contribution in [-0.2, 0) is 0 Å². The molecule has 0 aliphatic heterocycles. The number of nitrogens with one attached hydrogen (secondary N) is 1. The first-order valence-electron chi connectivity index (χ1n) is 5.11. The van der Waals surface area contributed by atoms with E-state index >= 15 is 0 Å². The number of hydrogen-bond acceptors (Lipinski definition) is 3. The maximum absolute atomic E-state index is 12.9. The van der Waals surface area contributed by atoms with Crippen LogP contribution in [0.25, 0.3) is 0 Å². The molecule has 1 aromatic heterocycles. The first-order valence-corrected chi connectivity index (χ1v) is 5.49. The summed E-state index contributed by atoms with van der Waals surface area (Å²) in [7, 11) is 0. The molecular weight excluding hydrogens is 257 g/mol. The number of hydrogen-bond donors (Lipinski definition) is 1. The molecule has 0 fully saturated rings. The molecule has 0 saturated heterocycles. The van der Waals surface area contributed by atoms with Gasteiger partial charge in [-0.1, -0.05) is 11.6 Å². The van der Waals surface area contributed by atoms with Crippen molar-refractivity contribution < 1.29 is 9.18 Å². The average molecular weight is 266 g/mol. The Bertz CT molecular complexity index is 604. The van der Waals surface area contributed by atoms with Gasteiger partial charge in [0.05, 0.1) is 0 Å². The first-order chi connectivity index (χ1) is 8.56. The Labute approximate surface area is 108 Å². The van der Waals surface area contributed by atoms with Crippen molar-refractivity contribution in [3.05, 3.63) is 52.7 Å². The highest BCUT2D eigenvalue weighted by molar-refractivity contribution is 6.29. The molecule has 0 aliphatic rings. The Hall–Kier alpha value is -2.01. The van der Waals surface area contributed by atoms with Gasteiger partial charge in [-0.25, -0.2) is 14.4 Å². The zero-order chi connectivity index (χ0) is 13.1. The third-order valence-corrected chi connectivity index (χ3v) is 2.52. The smallest absolute Gasteiger partial charge is 0.257 e. The molecule has 0 bridgehead atoms. The second-order valence-corrected chi connectivity index (χ2v) is 4.03. The van der Waals surface area contributed by atoms with Crippen LogP contribution in [0.5, 0.6) is 0 Å². The average Bonchev–Trinajstić information content (AvgIpc) is 2.28. The number of carbonyl (C=O) groups excluding carboxylic acids is 1. The molecule has 2 rings (SSSR count). The molecule has 1 heterocycles. The highest BCUT2D eigenvalue weighted by atomic mass is 35.5. The molecule has 0 spiro atoms. The van der Waals surface area contributed by atoms with Crippen molar-refractivity contribution in [2.24, 2.45) is 0 Å². The summed E-state index contributed by atoms with van der Waals surface area (Å²) in [5.41, 5.74) is 0.929. The highest BCUT2D eigenvalue weighted by Gasteiger charge is 2.10. The lowest BCUT2D eigenvalue weighted by atomic mass is 10.1. The molecule has 18 heavy (non-hydrogen) atoms. The molecule has 2 aromatic rings. The fourth-order valence-corrected chi connectivity index (χ4v) is 1.61. The van der Waals surface area contributed by atoms with E-state index in [0.717, 1.165) is 0 Å². The van der Waals surface area contributed by atoms with Crippen molar-refractivity contribution in [3.63, 3.8) is 0 Å². The van der Waals surface area contributed by atoms with E-state index in [-0.39, 0.29) is 16.9 Å². The van der Waals surface area contributed by atoms with Crippen LogP contribution in [0.2, 0.25) is 5.15 Å². The SMILES string of the molecule is Cc1cc(F)ccc1C(=O)Nc1cc(Cl)ncn1. The third kappa shape index (κ3) is 2.81. The quantitative estimate of drug-likeness (QED) is 0.850. The summed E-state index contributed by atoms with van der Waals surface area (Å²) < 4.78 is 12.9. The molecule has 0 atom stereocenters. The summed E-state index contributed by atoms with van der Waals surface area (Å²) in [5, 5.41) is 2.79. The number of carbonyl (C=O) groups is 1. The standard InChI is InChI=1S/C12H9ClFN3O/c1-7-4-8(14)2-3-9(7)12(18)17-11-5-10(13)15-6-16-11/h2-6H,1H3,(H,15,16,17,18). The lowest BCUT2D eigenvalue weighted by molar-refractivity contribution is 0.102. The van der Waals surface area contributed by atoms with Crippen molar-refractivity contribution in [1.29, 1.82) is 0 Å². The van der Waals surface area contributed by atoms with Gasteiger partial charge in [-0.05, 0) is 30.7 Å². The van der Waals surface area contributed by atoms with Gasteiger partial charge >= 0.3 is 0 Å². The lowest BCUT2D eigenvalue weighted by Crippen LogP contribution is -2.14. The molecular formula is C12H9ClFN3O. The maximum Gasteiger partial charge on any atom is 0.257 e. The molecule has 0 aliphatic carbocycles. The van der Waals surface area contributed by atoms with Gasteiger partial charge in [0, 0.05) is 11.6 Å². The molecule has 1 N–H and O–H groups in total. The van der Waals surface area contributed by atoms with Gasteiger partial charge in [0.15, 0.2) is 0 Å². The van der Waals surface area contributed by atoms with E-state index in [2.05, 4.69) is 15.3 Å². The third-order valence-electron chi connectivity index (χ3n) is 2.31. The lowest BCUT2D eigenvalue weighted by Gasteiger charge is -2.06. The van der Waals surface area contributed by atoms with Crippen molar-refractivity contribution in [2.45, 2.75) is 6.92 Å². The zero-order valence-electron chi connectivity index (χ0n) is 9.45. The summed E-state index contributed by atoms with van der Waals surface area (Å²) in [4.78, 5) is 19.5. The van der Waals surface area contributed by atoms with Gasteiger partial charge in [-0.3, -0.25) is 4.79 Å². The number of rotatable bonds is 2. The van der Waals surface area contributed by atoms with Crippen LogP contribution in [-0.4, -0.2) is 15.9 Å². The highest BCUT2D eigenvalue weighted by Crippen LogP contribution is 2.14. The number of amides is 1. The number of halogens is 2. The first kappa shape index (κ1) is 12.4. The van der Waals surface area contributed by atoms with Crippen LogP contribution in [0.3, 0.4) is 0 Å². The van der Waals surface area contributed by atoms with Crippen LogP contribution in [0.1, 0.15) is 15.9 Å². The molecule has 0 radical (unpaired) electrons. The second kappa shape index (κ2) is 5.10. The Morgan fingerprint density at radius 1 is 1.33 bits per heavy atom. The summed E-state index contributed by atoms with van der Waals surface area (Å²) >= 11 is 5.67. The normalized spacial score (nSPS) is 10.2. The predicted octanol–water partition coefficient (Wildman–Crippen LogP) is 2.83. The monoisotopic (exact) mass is 265 g/mol. The maximum atomic E-state index is 12.9. The Morgan fingerprint density at radius 2 is 2.11 bits per heavy atom. The van der Waals surface area contributed by atoms with Crippen LogP contribution < -0.4 is 5.32 Å². The predicted molar refractivity (Wildman–Crippen MR) is 66.1 cm³/mol. The zero-order valence-corrected chi connectivity index (χ0v) is 10.2. The van der Waals surface area contributed by atoms with E-state index in [1.54, 1.807) is 6.92 Å². The number of aryl methyl sites for hydroxylation is 1. The van der Waals surface area contributed by atoms with E-state index in [4.69, 9.17) is 11.6 Å². The number of aromatic nitrogens is 2. The fourth-order valence-electron chi connectivity index (χ4n) is 1.47. The van der Waals surface area contributed by atoms with E-state index in [9.17, 15) is 9.18 Å². The minimum Gasteiger partial charge on any atom is -0.306 e. The van der Waals surface area contributed by atoms with Crippen molar-refractivity contribution in [2.75, 3.05) is 5.32 Å². The topological polar surface area (TPSA) is 54.9 Å². The van der Waals surface area contributed by atoms with Crippen molar-refractivity contribution >= 4 is 23.3 Å². The molecule has 0 unspecified atom stereocenters. The summed E-state index contributed by atoms with van der Waals surface area (Å²) in [6.45, 7) is 1.66. The number of nitrogens with zero attached hydrogens (tertiary/aromatic N) is 2. The molecule has 4 nitrogen and oxygen atoms in total. The van der Waals surface area contributed by atoms with E-state index in [1.165, 1.54) is 30.6 Å². The van der Waals surface area contributed by atoms with E-state index < -0.39 is 0 Å². The van der Waals surface area contributed by atoms with Gasteiger partial charge in [-0.2, -0.15) is 0 Å². The number of benzene rings is 1. The second-order valence-electron chi connectivity index (χ2n) is 3.64. The Balaban J connectivity index is 2.22. The summed E-state index contributed by atoms with van der Waals surface area (Å²) in [5.74, 6) is -0.458. The molecule has 0 saturated carbocycles. The van der Waals surface area contributed by atoms with Crippen LogP contribution in [0, 0.1) is 12.7 Å². The largest absolute Gasteiger partial charge is 0.306 e. The van der Waals surface area contributed by atoms with Crippen LogP contribution in [0.15, 0.2) is 30.6 Å². The van der Waals surface area contributed by atoms with Gasteiger partial charge in [-0.15, -0.1) is 0 Å². The van der Waals surface area contributed by atoms with Crippen LogP contribution in [0.4, 0.5) is 10.2 Å². The fraction of sp³-hybridized carbons (Fsp3) is 0.0833. The van der Waals surface area contributed by atoms with Gasteiger partial charge in [0.1, 0.15) is 23.1 Å². The molecule has 1 aromatic carbocycles. The molecule has 6 heteroatoms. The van der Waals surface area contributed by atoms with E-state index in [1.807, 2.05) is 0 Å². The number of anilines is 1. The summed E-state index contributed by atoms with van der Waals surface area (Å²) in [6, 6.07) is 5.37. The van der Waals surface area contributed by atoms with Crippen molar-refractivity contribution in [3.8, 4) is 0 Å². The summed E-state index contributed by atoms with van der Waals surface area (Å²) in [6.07, 6.45) is 1.25. The van der Waals surface area contributed by atoms with Gasteiger partial charge < -0.3 is 5.32 Å². The van der Waals surface area contributed by atoms with Crippen molar-refractivity contribution in [1.82, 2.24) is 9.97 Å². The van der Waals surface area contributed by atoms with E-state index in [0.29, 0.717) is 16.9 Å². The molecule has 92 valence electrons. The Kier molecular flexibility index (Phi) is 3.53. The minimum atomic E-state index is -0.380.